The highest BCUT2D eigenvalue weighted by molar-refractivity contribution is 5.87. The highest BCUT2D eigenvalue weighted by Crippen LogP contribution is 2.12. The van der Waals surface area contributed by atoms with E-state index in [1.807, 2.05) is 0 Å². The number of carboxylic acids is 1. The van der Waals surface area contributed by atoms with E-state index < -0.39 is 5.97 Å². The predicted octanol–water partition coefficient (Wildman–Crippen LogP) is 1.15. The Hall–Kier alpha value is -2.50. The van der Waals surface area contributed by atoms with Crippen molar-refractivity contribution in [1.29, 1.82) is 0 Å². The topological polar surface area (TPSA) is 85.2 Å². The van der Waals surface area contributed by atoms with Crippen molar-refractivity contribution in [3.8, 4) is 5.75 Å². The lowest BCUT2D eigenvalue weighted by Gasteiger charge is -2.04. The molecule has 2 rings (SSSR count). The van der Waals surface area contributed by atoms with Gasteiger partial charge in [-0.1, -0.05) is 0 Å². The van der Waals surface area contributed by atoms with Gasteiger partial charge in [-0.05, 0) is 12.1 Å². The van der Waals surface area contributed by atoms with Crippen LogP contribution in [-0.4, -0.2) is 26.0 Å². The van der Waals surface area contributed by atoms with Gasteiger partial charge in [0.2, 0.25) is 0 Å². The first-order valence-corrected chi connectivity index (χ1v) is 4.83. The fourth-order valence-corrected chi connectivity index (χ4v) is 1.17. The van der Waals surface area contributed by atoms with Crippen LogP contribution in [-0.2, 0) is 6.61 Å². The molecule has 0 fully saturated rings. The summed E-state index contributed by atoms with van der Waals surface area (Å²) >= 11 is 0. The zero-order valence-corrected chi connectivity index (χ0v) is 8.78. The zero-order valence-electron chi connectivity index (χ0n) is 8.78. The molecule has 17 heavy (non-hydrogen) atoms. The van der Waals surface area contributed by atoms with Crippen LogP contribution in [0.3, 0.4) is 0 Å². The number of hydrogen-bond donors (Lipinski definition) is 1. The molecule has 0 bridgehead atoms. The molecule has 86 valence electrons. The average molecular weight is 231 g/mol. The van der Waals surface area contributed by atoms with Gasteiger partial charge in [-0.3, -0.25) is 4.98 Å². The first-order chi connectivity index (χ1) is 8.25. The molecule has 2 aromatic rings. The lowest BCUT2D eigenvalue weighted by Crippen LogP contribution is -2.02. The molecule has 6 nitrogen and oxygen atoms in total. The van der Waals surface area contributed by atoms with E-state index in [1.54, 1.807) is 18.5 Å². The third-order valence-corrected chi connectivity index (χ3v) is 1.95. The molecule has 0 aliphatic heterocycles. The second-order valence-corrected chi connectivity index (χ2v) is 3.17. The quantitative estimate of drug-likeness (QED) is 0.849. The number of ether oxygens (including phenoxy) is 1. The Balaban J connectivity index is 2.04. The SMILES string of the molecule is O=C(O)c1cncc(OCc2ncccn2)c1. The number of carboxylic acid groups (broad SMARTS) is 1. The monoisotopic (exact) mass is 231 g/mol. The van der Waals surface area contributed by atoms with Gasteiger partial charge in [-0.2, -0.15) is 0 Å². The summed E-state index contributed by atoms with van der Waals surface area (Å²) in [5, 5.41) is 8.77. The van der Waals surface area contributed by atoms with Crippen molar-refractivity contribution in [2.24, 2.45) is 0 Å². The maximum absolute atomic E-state index is 10.7. The smallest absolute Gasteiger partial charge is 0.337 e. The molecule has 0 unspecified atom stereocenters. The molecule has 6 heteroatoms. The van der Waals surface area contributed by atoms with Crippen molar-refractivity contribution in [1.82, 2.24) is 15.0 Å². The molecule has 0 saturated heterocycles. The zero-order chi connectivity index (χ0) is 12.1. The molecule has 0 aliphatic carbocycles. The van der Waals surface area contributed by atoms with E-state index >= 15 is 0 Å². The molecule has 0 saturated carbocycles. The van der Waals surface area contributed by atoms with Crippen molar-refractivity contribution in [2.45, 2.75) is 6.61 Å². The van der Waals surface area contributed by atoms with Crippen LogP contribution in [0.15, 0.2) is 36.9 Å². The van der Waals surface area contributed by atoms with Crippen molar-refractivity contribution in [3.05, 3.63) is 48.3 Å². The van der Waals surface area contributed by atoms with Gasteiger partial charge in [-0.15, -0.1) is 0 Å². The van der Waals surface area contributed by atoms with Crippen LogP contribution in [0.25, 0.3) is 0 Å². The van der Waals surface area contributed by atoms with Gasteiger partial charge in [0.05, 0.1) is 11.8 Å². The Morgan fingerprint density at radius 3 is 2.76 bits per heavy atom. The first kappa shape index (κ1) is 11.0. The number of carbonyl (C=O) groups is 1. The van der Waals surface area contributed by atoms with E-state index in [1.165, 1.54) is 18.5 Å². The molecule has 2 heterocycles. The minimum atomic E-state index is -1.04. The highest BCUT2D eigenvalue weighted by Gasteiger charge is 2.05. The predicted molar refractivity (Wildman–Crippen MR) is 57.6 cm³/mol. The fraction of sp³-hybridized carbons (Fsp3) is 0.0909. The second kappa shape index (κ2) is 5.02. The minimum Gasteiger partial charge on any atom is -0.484 e. The summed E-state index contributed by atoms with van der Waals surface area (Å²) in [5.74, 6) is -0.149. The van der Waals surface area contributed by atoms with Gasteiger partial charge in [0.25, 0.3) is 0 Å². The Morgan fingerprint density at radius 2 is 2.06 bits per heavy atom. The minimum absolute atomic E-state index is 0.0801. The molecule has 1 N–H and O–H groups in total. The summed E-state index contributed by atoms with van der Waals surface area (Å²) in [6.07, 6.45) is 5.92. The van der Waals surface area contributed by atoms with Crippen LogP contribution in [0, 0.1) is 0 Å². The van der Waals surface area contributed by atoms with Crippen molar-refractivity contribution in [2.75, 3.05) is 0 Å². The summed E-state index contributed by atoms with van der Waals surface area (Å²) in [6.45, 7) is 0.172. The molecule has 0 aromatic carbocycles. The van der Waals surface area contributed by atoms with E-state index in [4.69, 9.17) is 9.84 Å². The standard InChI is InChI=1S/C11H9N3O3/c15-11(16)8-4-9(6-12-5-8)17-7-10-13-2-1-3-14-10/h1-6H,7H2,(H,15,16). The number of aromatic carboxylic acids is 1. The van der Waals surface area contributed by atoms with Gasteiger partial charge in [0.1, 0.15) is 12.4 Å². The molecule has 0 aliphatic rings. The van der Waals surface area contributed by atoms with Crippen LogP contribution in [0.4, 0.5) is 0 Å². The molecular weight excluding hydrogens is 222 g/mol. The van der Waals surface area contributed by atoms with Gasteiger partial charge in [0.15, 0.2) is 5.82 Å². The van der Waals surface area contributed by atoms with E-state index in [9.17, 15) is 4.79 Å². The van der Waals surface area contributed by atoms with Crippen molar-refractivity contribution < 1.29 is 14.6 Å². The largest absolute Gasteiger partial charge is 0.484 e. The molecule has 0 amide bonds. The molecule has 0 spiro atoms. The number of pyridine rings is 1. The van der Waals surface area contributed by atoms with Crippen molar-refractivity contribution >= 4 is 5.97 Å². The molecular formula is C11H9N3O3. The summed E-state index contributed by atoms with van der Waals surface area (Å²) in [5.41, 5.74) is 0.0801. The lowest BCUT2D eigenvalue weighted by molar-refractivity contribution is 0.0696. The van der Waals surface area contributed by atoms with Gasteiger partial charge in [-0.25, -0.2) is 14.8 Å². The number of nitrogens with zero attached hydrogens (tertiary/aromatic N) is 3. The van der Waals surface area contributed by atoms with Crippen LogP contribution < -0.4 is 4.74 Å². The van der Waals surface area contributed by atoms with Gasteiger partial charge < -0.3 is 9.84 Å². The van der Waals surface area contributed by atoms with E-state index in [2.05, 4.69) is 15.0 Å². The summed E-state index contributed by atoms with van der Waals surface area (Å²) in [4.78, 5) is 22.4. The van der Waals surface area contributed by atoms with E-state index in [0.717, 1.165) is 0 Å². The van der Waals surface area contributed by atoms with Crippen LogP contribution in [0.5, 0.6) is 5.75 Å². The second-order valence-electron chi connectivity index (χ2n) is 3.17. The lowest BCUT2D eigenvalue weighted by atomic mass is 10.3. The van der Waals surface area contributed by atoms with Gasteiger partial charge >= 0.3 is 5.97 Å². The number of rotatable bonds is 4. The van der Waals surface area contributed by atoms with E-state index in [-0.39, 0.29) is 12.2 Å². The number of hydrogen-bond acceptors (Lipinski definition) is 5. The maximum atomic E-state index is 10.7. The third kappa shape index (κ3) is 2.97. The normalized spacial score (nSPS) is 9.88. The maximum Gasteiger partial charge on any atom is 0.337 e. The molecule has 2 aromatic heterocycles. The Kier molecular flexibility index (Phi) is 3.25. The number of aromatic nitrogens is 3. The summed E-state index contributed by atoms with van der Waals surface area (Å²) in [7, 11) is 0. The fourth-order valence-electron chi connectivity index (χ4n) is 1.17. The molecule has 0 atom stereocenters. The van der Waals surface area contributed by atoms with E-state index in [0.29, 0.717) is 11.6 Å². The van der Waals surface area contributed by atoms with Crippen LogP contribution in [0.2, 0.25) is 0 Å². The Labute approximate surface area is 96.9 Å². The highest BCUT2D eigenvalue weighted by atomic mass is 16.5. The average Bonchev–Trinajstić information content (AvgIpc) is 2.38. The third-order valence-electron chi connectivity index (χ3n) is 1.95. The Morgan fingerprint density at radius 1 is 1.29 bits per heavy atom. The van der Waals surface area contributed by atoms with Crippen molar-refractivity contribution in [3.63, 3.8) is 0 Å². The summed E-state index contributed by atoms with van der Waals surface area (Å²) in [6, 6.07) is 3.11. The molecule has 0 radical (unpaired) electrons. The van der Waals surface area contributed by atoms with Crippen LogP contribution in [0.1, 0.15) is 16.2 Å². The first-order valence-electron chi connectivity index (χ1n) is 4.83. The van der Waals surface area contributed by atoms with Crippen LogP contribution >= 0.6 is 0 Å². The van der Waals surface area contributed by atoms with Gasteiger partial charge in [0, 0.05) is 18.6 Å². The summed E-state index contributed by atoms with van der Waals surface area (Å²) < 4.78 is 5.33. The Bertz CT molecular complexity index is 516.